The Labute approximate surface area is 138 Å². The van der Waals surface area contributed by atoms with E-state index in [4.69, 9.17) is 0 Å². The van der Waals surface area contributed by atoms with Gasteiger partial charge in [0.15, 0.2) is 0 Å². The number of hydrogen-bond donors (Lipinski definition) is 1. The molecule has 0 aliphatic rings. The van der Waals surface area contributed by atoms with Gasteiger partial charge in [0.1, 0.15) is 12.1 Å². The van der Waals surface area contributed by atoms with Gasteiger partial charge < -0.3 is 5.32 Å². The number of tetrazole rings is 1. The largest absolute Gasteiger partial charge is 0.352 e. The molecule has 0 unspecified atom stereocenters. The fourth-order valence-corrected chi connectivity index (χ4v) is 2.40. The Hall–Kier alpha value is -3.09. The van der Waals surface area contributed by atoms with Gasteiger partial charge in [0, 0.05) is 6.54 Å². The van der Waals surface area contributed by atoms with Crippen molar-refractivity contribution < 1.29 is 9.18 Å². The van der Waals surface area contributed by atoms with Crippen LogP contribution in [0, 0.1) is 5.82 Å². The highest BCUT2D eigenvalue weighted by Gasteiger charge is 2.14. The van der Waals surface area contributed by atoms with Crippen molar-refractivity contribution in [3.63, 3.8) is 0 Å². The first-order valence-electron chi connectivity index (χ1n) is 7.59. The number of nitrogens with one attached hydrogen (secondary N) is 1. The lowest BCUT2D eigenvalue weighted by molar-refractivity contribution is 0.0952. The van der Waals surface area contributed by atoms with E-state index in [1.807, 2.05) is 30.3 Å². The van der Waals surface area contributed by atoms with Crippen molar-refractivity contribution in [1.29, 1.82) is 0 Å². The van der Waals surface area contributed by atoms with Crippen LogP contribution in [0.25, 0.3) is 5.69 Å². The number of carbonyl (C=O) groups is 1. The molecule has 122 valence electrons. The molecule has 0 radical (unpaired) electrons. The number of halogens is 1. The number of aromatic nitrogens is 4. The van der Waals surface area contributed by atoms with Crippen molar-refractivity contribution in [2.45, 2.75) is 12.8 Å². The average Bonchev–Trinajstić information content (AvgIpc) is 3.14. The molecular weight excluding hydrogens is 309 g/mol. The summed E-state index contributed by atoms with van der Waals surface area (Å²) in [5.41, 5.74) is 1.84. The van der Waals surface area contributed by atoms with Gasteiger partial charge in [-0.3, -0.25) is 4.79 Å². The number of rotatable bonds is 6. The molecular formula is C17H16FN5O. The van der Waals surface area contributed by atoms with E-state index in [-0.39, 0.29) is 11.5 Å². The van der Waals surface area contributed by atoms with Crippen molar-refractivity contribution in [2.75, 3.05) is 6.54 Å². The summed E-state index contributed by atoms with van der Waals surface area (Å²) in [5.74, 6) is -0.839. The van der Waals surface area contributed by atoms with Crippen LogP contribution in [-0.4, -0.2) is 32.7 Å². The van der Waals surface area contributed by atoms with Crippen LogP contribution in [0.15, 0.2) is 54.9 Å². The lowest BCUT2D eigenvalue weighted by Gasteiger charge is -2.10. The summed E-state index contributed by atoms with van der Waals surface area (Å²) in [6.45, 7) is 0.499. The molecule has 6 nitrogen and oxygen atoms in total. The SMILES string of the molecule is O=C(NCCCc1ccccc1)c1cc(F)ccc1-n1cnnn1. The Balaban J connectivity index is 1.63. The van der Waals surface area contributed by atoms with E-state index in [1.165, 1.54) is 34.8 Å². The minimum absolute atomic E-state index is 0.196. The molecule has 1 amide bonds. The Morgan fingerprint density at radius 3 is 2.75 bits per heavy atom. The highest BCUT2D eigenvalue weighted by molar-refractivity contribution is 5.97. The van der Waals surface area contributed by atoms with Gasteiger partial charge in [0.2, 0.25) is 0 Å². The quantitative estimate of drug-likeness (QED) is 0.705. The Bertz CT molecular complexity index is 805. The third-order valence-electron chi connectivity index (χ3n) is 3.57. The second kappa shape index (κ2) is 7.45. The van der Waals surface area contributed by atoms with Crippen LogP contribution in [0.4, 0.5) is 4.39 Å². The molecule has 0 fully saturated rings. The smallest absolute Gasteiger partial charge is 0.253 e. The summed E-state index contributed by atoms with van der Waals surface area (Å²) in [7, 11) is 0. The standard InChI is InChI=1S/C17H16FN5O/c18-14-8-9-16(23-12-20-21-22-23)15(11-14)17(24)19-10-4-7-13-5-2-1-3-6-13/h1-3,5-6,8-9,11-12H,4,7,10H2,(H,19,24). The van der Waals surface area contributed by atoms with Crippen molar-refractivity contribution in [3.8, 4) is 5.69 Å². The minimum atomic E-state index is -0.485. The van der Waals surface area contributed by atoms with E-state index in [9.17, 15) is 9.18 Å². The van der Waals surface area contributed by atoms with E-state index < -0.39 is 5.82 Å². The van der Waals surface area contributed by atoms with Crippen LogP contribution in [0.5, 0.6) is 0 Å². The van der Waals surface area contributed by atoms with E-state index in [0.717, 1.165) is 12.8 Å². The number of hydrogen-bond acceptors (Lipinski definition) is 4. The van der Waals surface area contributed by atoms with Gasteiger partial charge in [-0.25, -0.2) is 4.39 Å². The maximum absolute atomic E-state index is 13.5. The molecule has 0 aliphatic heterocycles. The normalized spacial score (nSPS) is 10.5. The zero-order valence-corrected chi connectivity index (χ0v) is 12.9. The third kappa shape index (κ3) is 3.81. The second-order valence-electron chi connectivity index (χ2n) is 5.26. The third-order valence-corrected chi connectivity index (χ3v) is 3.57. The van der Waals surface area contributed by atoms with Crippen molar-refractivity contribution in [1.82, 2.24) is 25.5 Å². The highest BCUT2D eigenvalue weighted by Crippen LogP contribution is 2.15. The first-order chi connectivity index (χ1) is 11.7. The first-order valence-corrected chi connectivity index (χ1v) is 7.59. The van der Waals surface area contributed by atoms with Crippen LogP contribution in [0.3, 0.4) is 0 Å². The number of benzene rings is 2. The molecule has 1 N–H and O–H groups in total. The zero-order valence-electron chi connectivity index (χ0n) is 12.9. The van der Waals surface area contributed by atoms with Crippen LogP contribution in [0.1, 0.15) is 22.3 Å². The molecule has 1 heterocycles. The molecule has 7 heteroatoms. The maximum Gasteiger partial charge on any atom is 0.253 e. The molecule has 0 bridgehead atoms. The predicted octanol–water partition coefficient (Wildman–Crippen LogP) is 2.16. The number of aryl methyl sites for hydroxylation is 1. The molecule has 0 saturated carbocycles. The Morgan fingerprint density at radius 2 is 2.00 bits per heavy atom. The summed E-state index contributed by atoms with van der Waals surface area (Å²) in [6, 6.07) is 14.0. The van der Waals surface area contributed by atoms with Crippen LogP contribution < -0.4 is 5.32 Å². The molecule has 0 aliphatic carbocycles. The van der Waals surface area contributed by atoms with Crippen LogP contribution in [0.2, 0.25) is 0 Å². The van der Waals surface area contributed by atoms with Crippen molar-refractivity contribution in [2.24, 2.45) is 0 Å². The summed E-state index contributed by atoms with van der Waals surface area (Å²) in [5, 5.41) is 13.6. The second-order valence-corrected chi connectivity index (χ2v) is 5.26. The summed E-state index contributed by atoms with van der Waals surface area (Å²) < 4.78 is 14.8. The molecule has 0 spiro atoms. The maximum atomic E-state index is 13.5. The van der Waals surface area contributed by atoms with Gasteiger partial charge in [-0.1, -0.05) is 30.3 Å². The highest BCUT2D eigenvalue weighted by atomic mass is 19.1. The monoisotopic (exact) mass is 325 g/mol. The Kier molecular flexibility index (Phi) is 4.90. The fourth-order valence-electron chi connectivity index (χ4n) is 2.40. The van der Waals surface area contributed by atoms with Gasteiger partial charge in [-0.05, 0) is 47.0 Å². The van der Waals surface area contributed by atoms with Crippen LogP contribution in [-0.2, 0) is 6.42 Å². The number of amides is 1. The lowest BCUT2D eigenvalue weighted by Crippen LogP contribution is -2.26. The van der Waals surface area contributed by atoms with E-state index in [2.05, 4.69) is 20.8 Å². The van der Waals surface area contributed by atoms with Gasteiger partial charge in [-0.15, -0.1) is 5.10 Å². The molecule has 3 rings (SSSR count). The van der Waals surface area contributed by atoms with Gasteiger partial charge >= 0.3 is 0 Å². The van der Waals surface area contributed by atoms with Crippen molar-refractivity contribution >= 4 is 5.91 Å². The topological polar surface area (TPSA) is 72.7 Å². The van der Waals surface area contributed by atoms with Gasteiger partial charge in [0.25, 0.3) is 5.91 Å². The molecule has 0 atom stereocenters. The molecule has 0 saturated heterocycles. The molecule has 24 heavy (non-hydrogen) atoms. The summed E-state index contributed by atoms with van der Waals surface area (Å²) in [4.78, 5) is 12.4. The molecule has 3 aromatic rings. The van der Waals surface area contributed by atoms with E-state index >= 15 is 0 Å². The first kappa shape index (κ1) is 15.8. The van der Waals surface area contributed by atoms with Crippen LogP contribution >= 0.6 is 0 Å². The zero-order chi connectivity index (χ0) is 16.8. The predicted molar refractivity (Wildman–Crippen MR) is 86.2 cm³/mol. The Morgan fingerprint density at radius 1 is 1.17 bits per heavy atom. The summed E-state index contributed by atoms with van der Waals surface area (Å²) in [6.07, 6.45) is 3.02. The number of carbonyl (C=O) groups excluding carboxylic acids is 1. The van der Waals surface area contributed by atoms with Crippen molar-refractivity contribution in [3.05, 3.63) is 71.8 Å². The molecule has 1 aromatic heterocycles. The summed E-state index contributed by atoms with van der Waals surface area (Å²) >= 11 is 0. The van der Waals surface area contributed by atoms with E-state index in [1.54, 1.807) is 0 Å². The van der Waals surface area contributed by atoms with Gasteiger partial charge in [0.05, 0.1) is 11.3 Å². The lowest BCUT2D eigenvalue weighted by atomic mass is 10.1. The van der Waals surface area contributed by atoms with Gasteiger partial charge in [-0.2, -0.15) is 4.68 Å². The fraction of sp³-hybridized carbons (Fsp3) is 0.176. The number of nitrogens with zero attached hydrogens (tertiary/aromatic N) is 4. The average molecular weight is 325 g/mol. The van der Waals surface area contributed by atoms with E-state index in [0.29, 0.717) is 12.2 Å². The molecule has 2 aromatic carbocycles. The minimum Gasteiger partial charge on any atom is -0.352 e.